The largest absolute Gasteiger partial charge is 0.496 e. The highest BCUT2D eigenvalue weighted by Gasteiger charge is 2.25. The van der Waals surface area contributed by atoms with Gasteiger partial charge in [-0.05, 0) is 49.9 Å². The van der Waals surface area contributed by atoms with Crippen LogP contribution in [0.1, 0.15) is 29.5 Å². The predicted octanol–water partition coefficient (Wildman–Crippen LogP) is 2.02. The highest BCUT2D eigenvalue weighted by molar-refractivity contribution is 5.81. The number of nitrogens with one attached hydrogen (secondary N) is 1. The van der Waals surface area contributed by atoms with Crippen LogP contribution in [-0.4, -0.2) is 37.6 Å². The Kier molecular flexibility index (Phi) is 4.65. The molecule has 0 aromatic heterocycles. The summed E-state index contributed by atoms with van der Waals surface area (Å²) >= 11 is 0. The average molecular weight is 276 g/mol. The summed E-state index contributed by atoms with van der Waals surface area (Å²) in [6, 6.07) is 4.19. The number of likely N-dealkylation sites (N-methyl/N-ethyl adjacent to an activating group) is 1. The van der Waals surface area contributed by atoms with Crippen LogP contribution in [0.4, 0.5) is 0 Å². The van der Waals surface area contributed by atoms with Gasteiger partial charge in [-0.3, -0.25) is 4.79 Å². The minimum absolute atomic E-state index is 0.000409. The zero-order chi connectivity index (χ0) is 14.7. The molecule has 0 aliphatic carbocycles. The van der Waals surface area contributed by atoms with Gasteiger partial charge in [-0.25, -0.2) is 0 Å². The molecule has 1 saturated heterocycles. The normalized spacial score (nSPS) is 18.1. The van der Waals surface area contributed by atoms with Crippen LogP contribution in [0.15, 0.2) is 12.1 Å². The maximum absolute atomic E-state index is 12.3. The van der Waals surface area contributed by atoms with Gasteiger partial charge in [0.25, 0.3) is 0 Å². The summed E-state index contributed by atoms with van der Waals surface area (Å²) in [5, 5.41) is 3.25. The summed E-state index contributed by atoms with van der Waals surface area (Å²) in [7, 11) is 3.56. The lowest BCUT2D eigenvalue weighted by molar-refractivity contribution is -0.132. The summed E-state index contributed by atoms with van der Waals surface area (Å²) in [6.07, 6.45) is 2.04. The van der Waals surface area contributed by atoms with E-state index in [1.54, 1.807) is 7.11 Å². The second kappa shape index (κ2) is 6.27. The van der Waals surface area contributed by atoms with E-state index in [4.69, 9.17) is 4.74 Å². The Morgan fingerprint density at radius 3 is 2.55 bits per heavy atom. The van der Waals surface area contributed by atoms with Crippen LogP contribution < -0.4 is 10.1 Å². The van der Waals surface area contributed by atoms with E-state index < -0.39 is 0 Å². The van der Waals surface area contributed by atoms with Gasteiger partial charge >= 0.3 is 0 Å². The first-order valence-corrected chi connectivity index (χ1v) is 7.15. The molecule has 1 aliphatic rings. The number of carbonyl (C=O) groups is 1. The van der Waals surface area contributed by atoms with Crippen LogP contribution in [0, 0.1) is 13.8 Å². The van der Waals surface area contributed by atoms with Gasteiger partial charge in [0.15, 0.2) is 0 Å². The Morgan fingerprint density at radius 2 is 2.05 bits per heavy atom. The highest BCUT2D eigenvalue weighted by Crippen LogP contribution is 2.25. The van der Waals surface area contributed by atoms with E-state index >= 15 is 0 Å². The Bertz CT molecular complexity index is 470. The van der Waals surface area contributed by atoms with Crippen LogP contribution in [0.3, 0.4) is 0 Å². The fourth-order valence-corrected chi connectivity index (χ4v) is 2.97. The molecule has 0 radical (unpaired) electrons. The summed E-state index contributed by atoms with van der Waals surface area (Å²) in [4.78, 5) is 14.1. The third-order valence-corrected chi connectivity index (χ3v) is 3.88. The molecule has 0 unspecified atom stereocenters. The molecule has 20 heavy (non-hydrogen) atoms. The SMILES string of the molecule is COc1c(C)cc(CN(C)C(=O)[C@H]2CCCN2)cc1C. The fraction of sp³-hybridized carbons (Fsp3) is 0.562. The first-order chi connectivity index (χ1) is 9.52. The Morgan fingerprint density at radius 1 is 1.40 bits per heavy atom. The number of nitrogens with zero attached hydrogens (tertiary/aromatic N) is 1. The summed E-state index contributed by atoms with van der Waals surface area (Å²) < 4.78 is 5.37. The zero-order valence-electron chi connectivity index (χ0n) is 12.8. The lowest BCUT2D eigenvalue weighted by atomic mass is 10.0. The van der Waals surface area contributed by atoms with Crippen molar-refractivity contribution in [1.82, 2.24) is 10.2 Å². The molecule has 4 nitrogen and oxygen atoms in total. The van der Waals surface area contributed by atoms with Gasteiger partial charge < -0.3 is 15.0 Å². The minimum Gasteiger partial charge on any atom is -0.496 e. The lowest BCUT2D eigenvalue weighted by Gasteiger charge is -2.22. The third kappa shape index (κ3) is 3.12. The van der Waals surface area contributed by atoms with Crippen molar-refractivity contribution in [3.05, 3.63) is 28.8 Å². The number of carbonyl (C=O) groups excluding carboxylic acids is 1. The number of aryl methyl sites for hydroxylation is 2. The molecule has 1 N–H and O–H groups in total. The topological polar surface area (TPSA) is 41.6 Å². The van der Waals surface area contributed by atoms with Crippen molar-refractivity contribution in [3.63, 3.8) is 0 Å². The van der Waals surface area contributed by atoms with E-state index in [-0.39, 0.29) is 11.9 Å². The number of benzene rings is 1. The number of hydrogen-bond donors (Lipinski definition) is 1. The van der Waals surface area contributed by atoms with Crippen molar-refractivity contribution in [1.29, 1.82) is 0 Å². The van der Waals surface area contributed by atoms with Crippen molar-refractivity contribution in [2.45, 2.75) is 39.3 Å². The Hall–Kier alpha value is -1.55. The number of hydrogen-bond acceptors (Lipinski definition) is 3. The maximum Gasteiger partial charge on any atom is 0.239 e. The summed E-state index contributed by atoms with van der Waals surface area (Å²) in [5.41, 5.74) is 3.37. The predicted molar refractivity (Wildman–Crippen MR) is 80.0 cm³/mol. The van der Waals surface area contributed by atoms with Crippen molar-refractivity contribution in [2.24, 2.45) is 0 Å². The molecule has 1 aliphatic heterocycles. The second-order valence-corrected chi connectivity index (χ2v) is 5.61. The molecule has 1 fully saturated rings. The van der Waals surface area contributed by atoms with E-state index in [0.29, 0.717) is 6.54 Å². The van der Waals surface area contributed by atoms with Crippen LogP contribution >= 0.6 is 0 Å². The molecule has 110 valence electrons. The third-order valence-electron chi connectivity index (χ3n) is 3.88. The molecule has 0 saturated carbocycles. The van der Waals surface area contributed by atoms with E-state index in [1.165, 1.54) is 0 Å². The summed E-state index contributed by atoms with van der Waals surface area (Å²) in [6.45, 7) is 5.67. The molecule has 1 aromatic rings. The Balaban J connectivity index is 2.07. The number of rotatable bonds is 4. The van der Waals surface area contributed by atoms with Crippen molar-refractivity contribution >= 4 is 5.91 Å². The molecule has 1 amide bonds. The lowest BCUT2D eigenvalue weighted by Crippen LogP contribution is -2.41. The molecule has 2 rings (SSSR count). The van der Waals surface area contributed by atoms with E-state index in [1.807, 2.05) is 25.8 Å². The van der Waals surface area contributed by atoms with Gasteiger partial charge in [0.05, 0.1) is 13.2 Å². The van der Waals surface area contributed by atoms with E-state index in [2.05, 4.69) is 17.4 Å². The molecular formula is C16H24N2O2. The van der Waals surface area contributed by atoms with Gasteiger partial charge in [0.2, 0.25) is 5.91 Å². The van der Waals surface area contributed by atoms with Gasteiger partial charge in [-0.1, -0.05) is 12.1 Å². The van der Waals surface area contributed by atoms with Crippen LogP contribution in [0.25, 0.3) is 0 Å². The van der Waals surface area contributed by atoms with Gasteiger partial charge in [-0.15, -0.1) is 0 Å². The molecule has 4 heteroatoms. The fourth-order valence-electron chi connectivity index (χ4n) is 2.97. The highest BCUT2D eigenvalue weighted by atomic mass is 16.5. The Labute approximate surface area is 121 Å². The first-order valence-electron chi connectivity index (χ1n) is 7.15. The van der Waals surface area contributed by atoms with E-state index in [9.17, 15) is 4.79 Å². The molecule has 1 aromatic carbocycles. The number of ether oxygens (including phenoxy) is 1. The number of methoxy groups -OCH3 is 1. The first kappa shape index (κ1) is 14.9. The van der Waals surface area contributed by atoms with E-state index in [0.717, 1.165) is 41.8 Å². The van der Waals surface area contributed by atoms with Crippen molar-refractivity contribution in [2.75, 3.05) is 20.7 Å². The van der Waals surface area contributed by atoms with Crippen LogP contribution in [-0.2, 0) is 11.3 Å². The smallest absolute Gasteiger partial charge is 0.239 e. The molecule has 0 bridgehead atoms. The van der Waals surface area contributed by atoms with Crippen LogP contribution in [0.5, 0.6) is 5.75 Å². The maximum atomic E-state index is 12.3. The average Bonchev–Trinajstić information content (AvgIpc) is 2.91. The summed E-state index contributed by atoms with van der Waals surface area (Å²) in [5.74, 6) is 1.12. The van der Waals surface area contributed by atoms with Crippen molar-refractivity contribution < 1.29 is 9.53 Å². The monoisotopic (exact) mass is 276 g/mol. The minimum atomic E-state index is 0.000409. The van der Waals surface area contributed by atoms with Gasteiger partial charge in [-0.2, -0.15) is 0 Å². The standard InChI is InChI=1S/C16H24N2O2/c1-11-8-13(9-12(2)15(11)20-4)10-18(3)16(19)14-6-5-7-17-14/h8-9,14,17H,5-7,10H2,1-4H3/t14-/m1/s1. The second-order valence-electron chi connectivity index (χ2n) is 5.61. The quantitative estimate of drug-likeness (QED) is 0.915. The molecule has 0 spiro atoms. The molecule has 1 atom stereocenters. The zero-order valence-corrected chi connectivity index (χ0v) is 12.8. The molecular weight excluding hydrogens is 252 g/mol. The van der Waals surface area contributed by atoms with Gasteiger partial charge in [0.1, 0.15) is 5.75 Å². The number of amides is 1. The van der Waals surface area contributed by atoms with Gasteiger partial charge in [0, 0.05) is 13.6 Å². The molecule has 1 heterocycles. The van der Waals surface area contributed by atoms with Crippen molar-refractivity contribution in [3.8, 4) is 5.75 Å². The van der Waals surface area contributed by atoms with Crippen LogP contribution in [0.2, 0.25) is 0 Å².